The van der Waals surface area contributed by atoms with Gasteiger partial charge in [0, 0.05) is 35.6 Å². The highest BCUT2D eigenvalue weighted by atomic mass is 32.1. The molecule has 3 fully saturated rings. The Morgan fingerprint density at radius 1 is 1.04 bits per heavy atom. The predicted molar refractivity (Wildman–Crippen MR) is 220 cm³/mol. The number of ether oxygens (including phenoxy) is 2. The monoisotopic (exact) mass is 800 g/mol. The molecule has 2 saturated carbocycles. The molecular formula is C43H56N6O7S. The van der Waals surface area contributed by atoms with Crippen molar-refractivity contribution in [3.8, 4) is 17.1 Å². The second kappa shape index (κ2) is 16.2. The van der Waals surface area contributed by atoms with Crippen LogP contribution in [0.5, 0.6) is 5.75 Å². The maximum Gasteiger partial charge on any atom is 0.408 e. The summed E-state index contributed by atoms with van der Waals surface area (Å²) in [7, 11) is 0. The number of alkyl carbamates (subject to hydrolysis) is 1. The number of nitrogens with one attached hydrogen (secondary N) is 3. The molecule has 5 atom stereocenters. The summed E-state index contributed by atoms with van der Waals surface area (Å²) in [5, 5.41) is 11.7. The Labute approximate surface area is 338 Å². The second-order valence-electron chi connectivity index (χ2n) is 18.1. The standard InChI is InChI=1S/C43H56N6O7S/c1-10-26-20-43(26,25(3)50)48-37(52)33-18-28(22-49(33)38(53)36(42(7,8)9)47-40(54)56-27-13-11-12-14-27)55-34-19-31(44-30-17-24(2)15-16-29(30)34)32-23-57-39(45-32)46-35(51)21-41(4,5)6/h10,15-17,19,23,26-28,33,36H,1,11-14,18,20-22H2,2-9H3,(H,47,54)(H,48,52)(H,45,46,51)/t26-,28-,33+,36-,43+/m1/s1. The summed E-state index contributed by atoms with van der Waals surface area (Å²) in [6.07, 6.45) is 4.56. The Hall–Kier alpha value is -4.85. The van der Waals surface area contributed by atoms with Crippen LogP contribution in [0.4, 0.5) is 9.93 Å². The van der Waals surface area contributed by atoms with Crippen molar-refractivity contribution in [1.82, 2.24) is 25.5 Å². The van der Waals surface area contributed by atoms with E-state index in [2.05, 4.69) is 27.5 Å². The number of Topliss-reactive ketones (excluding diaryl/α,β-unsaturated/α-hetero) is 1. The first-order valence-corrected chi connectivity index (χ1v) is 20.7. The number of aryl methyl sites for hydroxylation is 1. The maximum atomic E-state index is 14.6. The fourth-order valence-corrected chi connectivity index (χ4v) is 8.54. The van der Waals surface area contributed by atoms with Crippen LogP contribution in [0.3, 0.4) is 0 Å². The van der Waals surface area contributed by atoms with Crippen molar-refractivity contribution in [3.05, 3.63) is 47.9 Å². The van der Waals surface area contributed by atoms with Gasteiger partial charge in [-0.15, -0.1) is 17.9 Å². The Balaban J connectivity index is 1.30. The number of anilines is 1. The number of carbonyl (C=O) groups excluding carboxylic acids is 5. The van der Waals surface area contributed by atoms with Gasteiger partial charge in [-0.05, 0) is 74.5 Å². The number of rotatable bonds is 12. The van der Waals surface area contributed by atoms with Gasteiger partial charge in [-0.25, -0.2) is 14.8 Å². The zero-order chi connectivity index (χ0) is 41.4. The Kier molecular flexibility index (Phi) is 11.9. The van der Waals surface area contributed by atoms with Crippen molar-refractivity contribution >= 4 is 57.0 Å². The lowest BCUT2D eigenvalue weighted by Crippen LogP contribution is -2.59. The lowest BCUT2D eigenvalue weighted by atomic mass is 9.85. The molecule has 3 heterocycles. The van der Waals surface area contributed by atoms with Crippen LogP contribution in [0.25, 0.3) is 22.3 Å². The molecule has 0 spiro atoms. The summed E-state index contributed by atoms with van der Waals surface area (Å²) in [6, 6.07) is 5.59. The van der Waals surface area contributed by atoms with E-state index in [1.807, 2.05) is 72.0 Å². The van der Waals surface area contributed by atoms with Crippen LogP contribution in [-0.4, -0.2) is 80.8 Å². The number of ketones is 1. The molecule has 0 bridgehead atoms. The first-order chi connectivity index (χ1) is 26.8. The molecule has 3 aliphatic rings. The van der Waals surface area contributed by atoms with E-state index < -0.39 is 47.0 Å². The van der Waals surface area contributed by atoms with Crippen LogP contribution in [0.15, 0.2) is 42.3 Å². The number of hydrogen-bond donors (Lipinski definition) is 3. The summed E-state index contributed by atoms with van der Waals surface area (Å²) >= 11 is 1.30. The summed E-state index contributed by atoms with van der Waals surface area (Å²) in [5.41, 5.74) is 0.736. The molecule has 2 aliphatic carbocycles. The van der Waals surface area contributed by atoms with Crippen molar-refractivity contribution < 1.29 is 33.4 Å². The van der Waals surface area contributed by atoms with Crippen molar-refractivity contribution in [2.45, 2.75) is 130 Å². The molecule has 0 unspecified atom stereocenters. The predicted octanol–water partition coefficient (Wildman–Crippen LogP) is 7.12. The lowest BCUT2D eigenvalue weighted by molar-refractivity contribution is -0.142. The lowest BCUT2D eigenvalue weighted by Gasteiger charge is -2.35. The number of hydrogen-bond acceptors (Lipinski definition) is 10. The molecule has 14 heteroatoms. The van der Waals surface area contributed by atoms with E-state index in [0.717, 1.165) is 36.6 Å². The molecule has 3 aromatic rings. The van der Waals surface area contributed by atoms with Gasteiger partial charge in [-0.1, -0.05) is 53.7 Å². The topological polar surface area (TPSA) is 169 Å². The molecule has 6 rings (SSSR count). The number of benzene rings is 1. The molecular weight excluding hydrogens is 745 g/mol. The van der Waals surface area contributed by atoms with Crippen LogP contribution in [0.2, 0.25) is 0 Å². The molecule has 1 aromatic carbocycles. The summed E-state index contributed by atoms with van der Waals surface area (Å²) in [6.45, 7) is 18.8. The second-order valence-corrected chi connectivity index (χ2v) is 19.0. The molecule has 13 nitrogen and oxygen atoms in total. The van der Waals surface area contributed by atoms with Gasteiger partial charge in [0.25, 0.3) is 0 Å². The number of aromatic nitrogens is 2. The van der Waals surface area contributed by atoms with Gasteiger partial charge in [0.1, 0.15) is 41.3 Å². The largest absolute Gasteiger partial charge is 0.488 e. The molecule has 57 heavy (non-hydrogen) atoms. The number of amides is 4. The van der Waals surface area contributed by atoms with Crippen LogP contribution >= 0.6 is 11.3 Å². The van der Waals surface area contributed by atoms with E-state index in [9.17, 15) is 24.0 Å². The third kappa shape index (κ3) is 9.65. The zero-order valence-electron chi connectivity index (χ0n) is 34.3. The molecule has 4 amide bonds. The fraction of sp³-hybridized carbons (Fsp3) is 0.558. The minimum absolute atomic E-state index is 0.0342. The summed E-state index contributed by atoms with van der Waals surface area (Å²) in [4.78, 5) is 78.6. The highest BCUT2D eigenvalue weighted by Crippen LogP contribution is 2.45. The smallest absolute Gasteiger partial charge is 0.408 e. The van der Waals surface area contributed by atoms with E-state index in [0.29, 0.717) is 40.6 Å². The van der Waals surface area contributed by atoms with Crippen molar-refractivity contribution in [1.29, 1.82) is 0 Å². The van der Waals surface area contributed by atoms with Crippen LogP contribution in [0.1, 0.15) is 99.0 Å². The highest BCUT2D eigenvalue weighted by molar-refractivity contribution is 7.14. The van der Waals surface area contributed by atoms with E-state index in [1.165, 1.54) is 23.2 Å². The molecule has 3 N–H and O–H groups in total. The highest BCUT2D eigenvalue weighted by Gasteiger charge is 2.59. The SMILES string of the molecule is C=C[C@@H]1C[C@]1(NC(=O)[C@@H]1C[C@@H](Oc2cc(-c3csc(NC(=O)CC(C)(C)C)n3)nc3cc(C)ccc23)CN1C(=O)[C@@H](NC(=O)OC1CCCC1)C(C)(C)C)C(C)=O. The number of carbonyl (C=O) groups is 5. The van der Waals surface area contributed by atoms with Gasteiger partial charge in [0.2, 0.25) is 17.7 Å². The zero-order valence-corrected chi connectivity index (χ0v) is 35.1. The van der Waals surface area contributed by atoms with Crippen molar-refractivity contribution in [2.75, 3.05) is 11.9 Å². The van der Waals surface area contributed by atoms with Gasteiger partial charge in [0.05, 0.1) is 17.8 Å². The first kappa shape index (κ1) is 41.8. The molecule has 2 aromatic heterocycles. The molecule has 1 saturated heterocycles. The van der Waals surface area contributed by atoms with Gasteiger partial charge in [-0.3, -0.25) is 19.2 Å². The average Bonchev–Trinajstić information content (AvgIpc) is 3.52. The molecule has 1 aliphatic heterocycles. The minimum atomic E-state index is -1.08. The Morgan fingerprint density at radius 2 is 1.75 bits per heavy atom. The minimum Gasteiger partial charge on any atom is -0.488 e. The maximum absolute atomic E-state index is 14.6. The van der Waals surface area contributed by atoms with E-state index >= 15 is 0 Å². The van der Waals surface area contributed by atoms with Gasteiger partial charge >= 0.3 is 6.09 Å². The third-order valence-corrected chi connectivity index (χ3v) is 11.8. The summed E-state index contributed by atoms with van der Waals surface area (Å²) < 4.78 is 12.4. The Morgan fingerprint density at radius 3 is 2.39 bits per heavy atom. The van der Waals surface area contributed by atoms with Crippen LogP contribution in [-0.2, 0) is 23.9 Å². The summed E-state index contributed by atoms with van der Waals surface area (Å²) in [5.74, 6) is -0.968. The Bertz CT molecular complexity index is 2060. The number of nitrogens with zero attached hydrogens (tertiary/aromatic N) is 3. The third-order valence-electron chi connectivity index (χ3n) is 11.0. The normalized spacial score (nSPS) is 22.8. The van der Waals surface area contributed by atoms with Gasteiger partial charge in [0.15, 0.2) is 10.9 Å². The average molecular weight is 801 g/mol. The quantitative estimate of drug-likeness (QED) is 0.162. The number of likely N-dealkylation sites (tertiary alicyclic amines) is 1. The van der Waals surface area contributed by atoms with Gasteiger partial charge in [-0.2, -0.15) is 0 Å². The number of pyridine rings is 1. The molecule has 0 radical (unpaired) electrons. The first-order valence-electron chi connectivity index (χ1n) is 19.8. The number of thiazole rings is 1. The van der Waals surface area contributed by atoms with Crippen molar-refractivity contribution in [2.24, 2.45) is 16.7 Å². The van der Waals surface area contributed by atoms with E-state index in [-0.39, 0.29) is 42.1 Å². The van der Waals surface area contributed by atoms with E-state index in [4.69, 9.17) is 14.5 Å². The van der Waals surface area contributed by atoms with Crippen LogP contribution < -0.4 is 20.7 Å². The van der Waals surface area contributed by atoms with Crippen LogP contribution in [0, 0.1) is 23.7 Å². The molecule has 306 valence electrons. The van der Waals surface area contributed by atoms with Crippen molar-refractivity contribution in [3.63, 3.8) is 0 Å². The van der Waals surface area contributed by atoms with Gasteiger partial charge < -0.3 is 30.3 Å². The van der Waals surface area contributed by atoms with E-state index in [1.54, 1.807) is 12.1 Å². The fourth-order valence-electron chi connectivity index (χ4n) is 7.82. The number of fused-ring (bicyclic) bond motifs is 1.